The number of hydrogen-bond donors (Lipinski definition) is 2. The Morgan fingerprint density at radius 1 is 1.00 bits per heavy atom. The fraction of sp³-hybridized carbons (Fsp3) is 0.417. The van der Waals surface area contributed by atoms with E-state index in [2.05, 4.69) is 64.2 Å². The lowest BCUT2D eigenvalue weighted by Crippen LogP contribution is -2.40. The summed E-state index contributed by atoms with van der Waals surface area (Å²) in [5, 5.41) is 6.72. The van der Waals surface area contributed by atoms with Crippen LogP contribution in [0.1, 0.15) is 36.8 Å². The molecule has 1 aliphatic rings. The fourth-order valence-electron chi connectivity index (χ4n) is 3.71. The third-order valence-corrected chi connectivity index (χ3v) is 5.29. The lowest BCUT2D eigenvalue weighted by atomic mass is 9.92. The molecule has 29 heavy (non-hydrogen) atoms. The minimum atomic E-state index is 0.114. The Bertz CT molecular complexity index is 770. The molecule has 0 aliphatic carbocycles. The molecular weight excluding hydrogens is 360 g/mol. The van der Waals surface area contributed by atoms with Crippen LogP contribution >= 0.6 is 0 Å². The van der Waals surface area contributed by atoms with Crippen molar-refractivity contribution < 1.29 is 4.79 Å². The smallest absolute Gasteiger partial charge is 0.244 e. The van der Waals surface area contributed by atoms with Gasteiger partial charge in [-0.2, -0.15) is 0 Å². The predicted octanol–water partition coefficient (Wildman–Crippen LogP) is 3.19. The Kier molecular flexibility index (Phi) is 8.11. The van der Waals surface area contributed by atoms with Gasteiger partial charge in [0.05, 0.1) is 0 Å². The van der Waals surface area contributed by atoms with Crippen molar-refractivity contribution in [2.75, 3.05) is 32.7 Å². The third-order valence-electron chi connectivity index (χ3n) is 5.29. The molecule has 5 nitrogen and oxygen atoms in total. The van der Waals surface area contributed by atoms with Gasteiger partial charge in [0.15, 0.2) is 5.96 Å². The van der Waals surface area contributed by atoms with Gasteiger partial charge >= 0.3 is 0 Å². The molecule has 0 aromatic heterocycles. The molecule has 1 fully saturated rings. The molecule has 1 amide bonds. The zero-order chi connectivity index (χ0) is 20.3. The average molecular weight is 393 g/mol. The van der Waals surface area contributed by atoms with E-state index in [1.807, 2.05) is 24.0 Å². The van der Waals surface area contributed by atoms with Crippen molar-refractivity contribution in [1.29, 1.82) is 0 Å². The number of carbonyl (C=O) groups excluding carboxylic acids is 1. The van der Waals surface area contributed by atoms with Crippen molar-refractivity contribution >= 4 is 11.9 Å². The van der Waals surface area contributed by atoms with Crippen LogP contribution in [0.3, 0.4) is 0 Å². The van der Waals surface area contributed by atoms with Gasteiger partial charge in [0.1, 0.15) is 6.54 Å². The summed E-state index contributed by atoms with van der Waals surface area (Å²) in [5.41, 5.74) is 2.61. The maximum atomic E-state index is 12.3. The second kappa shape index (κ2) is 11.2. The van der Waals surface area contributed by atoms with Crippen molar-refractivity contribution in [2.24, 2.45) is 4.99 Å². The monoisotopic (exact) mass is 392 g/mol. The van der Waals surface area contributed by atoms with E-state index in [1.165, 1.54) is 11.1 Å². The molecule has 1 saturated heterocycles. The first kappa shape index (κ1) is 20.9. The largest absolute Gasteiger partial charge is 0.357 e. The maximum Gasteiger partial charge on any atom is 0.244 e. The molecule has 0 radical (unpaired) electrons. The number of rotatable bonds is 8. The molecule has 154 valence electrons. The molecule has 0 bridgehead atoms. The highest BCUT2D eigenvalue weighted by molar-refractivity contribution is 5.85. The van der Waals surface area contributed by atoms with E-state index >= 15 is 0 Å². The second-order valence-electron chi connectivity index (χ2n) is 7.46. The fourth-order valence-corrected chi connectivity index (χ4v) is 3.71. The van der Waals surface area contributed by atoms with Gasteiger partial charge in [-0.25, -0.2) is 4.99 Å². The van der Waals surface area contributed by atoms with Crippen LogP contribution in [0, 0.1) is 0 Å². The van der Waals surface area contributed by atoms with E-state index in [9.17, 15) is 4.79 Å². The minimum Gasteiger partial charge on any atom is -0.357 e. The van der Waals surface area contributed by atoms with E-state index in [0.717, 1.165) is 45.4 Å². The van der Waals surface area contributed by atoms with E-state index in [1.54, 1.807) is 0 Å². The highest BCUT2D eigenvalue weighted by Crippen LogP contribution is 2.20. The van der Waals surface area contributed by atoms with Gasteiger partial charge < -0.3 is 15.5 Å². The van der Waals surface area contributed by atoms with Crippen LogP contribution in [0.15, 0.2) is 65.7 Å². The Labute approximate surface area is 174 Å². The van der Waals surface area contributed by atoms with Gasteiger partial charge in [-0.05, 0) is 37.3 Å². The highest BCUT2D eigenvalue weighted by Gasteiger charge is 2.18. The molecule has 2 N–H and O–H groups in total. The summed E-state index contributed by atoms with van der Waals surface area (Å²) >= 11 is 0. The normalized spacial score (nSPS) is 15.2. The average Bonchev–Trinajstić information content (AvgIpc) is 3.31. The number of nitrogens with zero attached hydrogens (tertiary/aromatic N) is 2. The summed E-state index contributed by atoms with van der Waals surface area (Å²) in [6, 6.07) is 21.1. The molecule has 1 unspecified atom stereocenters. The Morgan fingerprint density at radius 2 is 1.66 bits per heavy atom. The molecule has 1 heterocycles. The van der Waals surface area contributed by atoms with Crippen molar-refractivity contribution in [1.82, 2.24) is 15.5 Å². The maximum absolute atomic E-state index is 12.3. The number of carbonyl (C=O) groups is 1. The van der Waals surface area contributed by atoms with E-state index in [4.69, 9.17) is 0 Å². The molecule has 0 saturated carbocycles. The number of nitrogens with one attached hydrogen (secondary N) is 2. The standard InChI is InChI=1S/C24H32N4O/c1-2-25-24(27-19-23(29)28-15-9-10-16-28)26-18-22(21-13-7-4-8-14-21)17-20-11-5-3-6-12-20/h3-8,11-14,22H,2,9-10,15-19H2,1H3,(H2,25,26,27). The first-order chi connectivity index (χ1) is 14.3. The van der Waals surface area contributed by atoms with E-state index in [-0.39, 0.29) is 12.5 Å². The lowest BCUT2D eigenvalue weighted by molar-refractivity contribution is -0.128. The molecule has 1 aliphatic heterocycles. The van der Waals surface area contributed by atoms with Crippen molar-refractivity contribution in [3.05, 3.63) is 71.8 Å². The summed E-state index contributed by atoms with van der Waals surface area (Å²) in [6.45, 7) is 5.49. The number of benzene rings is 2. The number of likely N-dealkylation sites (tertiary alicyclic amines) is 1. The molecule has 0 spiro atoms. The van der Waals surface area contributed by atoms with Crippen molar-refractivity contribution in [3.63, 3.8) is 0 Å². The van der Waals surface area contributed by atoms with Gasteiger partial charge in [-0.3, -0.25) is 4.79 Å². The molecule has 3 rings (SSSR count). The number of aliphatic imine (C=N–C) groups is 1. The highest BCUT2D eigenvalue weighted by atomic mass is 16.2. The van der Waals surface area contributed by atoms with Gasteiger partial charge in [0.2, 0.25) is 5.91 Å². The summed E-state index contributed by atoms with van der Waals surface area (Å²) in [6.07, 6.45) is 3.15. The Hall–Kier alpha value is -2.82. The first-order valence-electron chi connectivity index (χ1n) is 10.6. The zero-order valence-electron chi connectivity index (χ0n) is 17.3. The Balaban J connectivity index is 1.64. The van der Waals surface area contributed by atoms with Crippen LogP contribution in [0.2, 0.25) is 0 Å². The molecule has 2 aromatic rings. The molecular formula is C24H32N4O. The summed E-state index contributed by atoms with van der Waals surface area (Å²) < 4.78 is 0. The Morgan fingerprint density at radius 3 is 2.31 bits per heavy atom. The van der Waals surface area contributed by atoms with Gasteiger partial charge in [0, 0.05) is 32.1 Å². The molecule has 2 aromatic carbocycles. The minimum absolute atomic E-state index is 0.114. The predicted molar refractivity (Wildman–Crippen MR) is 119 cm³/mol. The number of amides is 1. The van der Waals surface area contributed by atoms with E-state index < -0.39 is 0 Å². The summed E-state index contributed by atoms with van der Waals surface area (Å²) in [5.74, 6) is 1.13. The first-order valence-corrected chi connectivity index (χ1v) is 10.6. The molecule has 5 heteroatoms. The van der Waals surface area contributed by atoms with Crippen LogP contribution in [0.4, 0.5) is 0 Å². The lowest BCUT2D eigenvalue weighted by Gasteiger charge is -2.20. The van der Waals surface area contributed by atoms with E-state index in [0.29, 0.717) is 11.9 Å². The zero-order valence-corrected chi connectivity index (χ0v) is 17.3. The van der Waals surface area contributed by atoms with Gasteiger partial charge in [-0.15, -0.1) is 0 Å². The quantitative estimate of drug-likeness (QED) is 0.536. The van der Waals surface area contributed by atoms with Crippen LogP contribution in [0.5, 0.6) is 0 Å². The topological polar surface area (TPSA) is 56.7 Å². The number of hydrogen-bond acceptors (Lipinski definition) is 2. The second-order valence-corrected chi connectivity index (χ2v) is 7.46. The van der Waals surface area contributed by atoms with Crippen LogP contribution < -0.4 is 10.6 Å². The SMILES string of the molecule is CCNC(=NCC(=O)N1CCCC1)NCC(Cc1ccccc1)c1ccccc1. The van der Waals surface area contributed by atoms with Crippen LogP contribution in [-0.2, 0) is 11.2 Å². The van der Waals surface area contributed by atoms with Crippen molar-refractivity contribution in [3.8, 4) is 0 Å². The van der Waals surface area contributed by atoms with Gasteiger partial charge in [0.25, 0.3) is 0 Å². The van der Waals surface area contributed by atoms with Gasteiger partial charge in [-0.1, -0.05) is 60.7 Å². The molecule has 1 atom stereocenters. The van der Waals surface area contributed by atoms with Crippen molar-refractivity contribution in [2.45, 2.75) is 32.1 Å². The van der Waals surface area contributed by atoms with Crippen LogP contribution in [0.25, 0.3) is 0 Å². The van der Waals surface area contributed by atoms with Crippen LogP contribution in [-0.4, -0.2) is 49.5 Å². The third kappa shape index (κ3) is 6.63. The summed E-state index contributed by atoms with van der Waals surface area (Å²) in [4.78, 5) is 18.8. The number of guanidine groups is 1. The summed E-state index contributed by atoms with van der Waals surface area (Å²) in [7, 11) is 0.